The zero-order valence-electron chi connectivity index (χ0n) is 10.7. The number of likely N-dealkylation sites (N-methyl/N-ethyl adjacent to an activating group) is 1. The van der Waals surface area contributed by atoms with Crippen LogP contribution in [0.3, 0.4) is 0 Å². The summed E-state index contributed by atoms with van der Waals surface area (Å²) in [4.78, 5) is 14.1. The average molecular weight is 241 g/mol. The van der Waals surface area contributed by atoms with Crippen LogP contribution in [0.5, 0.6) is 0 Å². The molecule has 0 amide bonds. The normalized spacial score (nSPS) is 28.6. The standard InChI is InChI=1S/C13H23NO3/c1-14-8-9-16-10-12(14)13(15)17-11-6-4-2-3-5-7-11/h11-12H,2-10H2,1H3/t12-/m0/s1. The van der Waals surface area contributed by atoms with E-state index in [4.69, 9.17) is 9.47 Å². The first-order valence-corrected chi connectivity index (χ1v) is 6.76. The molecule has 0 radical (unpaired) electrons. The second kappa shape index (κ2) is 6.36. The lowest BCUT2D eigenvalue weighted by Gasteiger charge is -2.31. The van der Waals surface area contributed by atoms with Gasteiger partial charge in [-0.1, -0.05) is 12.8 Å². The van der Waals surface area contributed by atoms with Crippen molar-refractivity contribution in [3.8, 4) is 0 Å². The molecule has 0 aromatic heterocycles. The van der Waals surface area contributed by atoms with Crippen LogP contribution in [0.15, 0.2) is 0 Å². The number of carbonyl (C=O) groups is 1. The van der Waals surface area contributed by atoms with Gasteiger partial charge in [0.2, 0.25) is 0 Å². The molecule has 98 valence electrons. The van der Waals surface area contributed by atoms with Gasteiger partial charge in [0, 0.05) is 6.54 Å². The maximum absolute atomic E-state index is 12.0. The number of ether oxygens (including phenoxy) is 2. The van der Waals surface area contributed by atoms with Crippen LogP contribution in [0.1, 0.15) is 38.5 Å². The zero-order chi connectivity index (χ0) is 12.1. The largest absolute Gasteiger partial charge is 0.461 e. The highest BCUT2D eigenvalue weighted by atomic mass is 16.5. The number of carbonyl (C=O) groups excluding carboxylic acids is 1. The molecule has 1 saturated heterocycles. The number of morpholine rings is 1. The molecule has 2 fully saturated rings. The Bertz CT molecular complexity index is 249. The first-order chi connectivity index (χ1) is 8.27. The Morgan fingerprint density at radius 3 is 2.59 bits per heavy atom. The summed E-state index contributed by atoms with van der Waals surface area (Å²) in [6.45, 7) is 2.00. The Kier molecular flexibility index (Phi) is 4.80. The predicted molar refractivity (Wildman–Crippen MR) is 64.8 cm³/mol. The summed E-state index contributed by atoms with van der Waals surface area (Å²) in [5, 5.41) is 0. The molecule has 0 unspecified atom stereocenters. The molecule has 0 spiro atoms. The van der Waals surface area contributed by atoms with Crippen LogP contribution in [-0.2, 0) is 14.3 Å². The molecule has 1 saturated carbocycles. The van der Waals surface area contributed by atoms with Gasteiger partial charge in [-0.05, 0) is 32.7 Å². The van der Waals surface area contributed by atoms with Gasteiger partial charge in [-0.25, -0.2) is 0 Å². The van der Waals surface area contributed by atoms with Gasteiger partial charge in [0.15, 0.2) is 0 Å². The molecule has 4 nitrogen and oxygen atoms in total. The molecule has 0 aromatic rings. The van der Waals surface area contributed by atoms with Gasteiger partial charge in [0.05, 0.1) is 13.2 Å². The van der Waals surface area contributed by atoms with E-state index in [1.165, 1.54) is 25.7 Å². The Labute approximate surface area is 103 Å². The fourth-order valence-electron chi connectivity index (χ4n) is 2.54. The van der Waals surface area contributed by atoms with Crippen molar-refractivity contribution in [3.63, 3.8) is 0 Å². The van der Waals surface area contributed by atoms with Crippen molar-refractivity contribution in [2.45, 2.75) is 50.7 Å². The highest BCUT2D eigenvalue weighted by Crippen LogP contribution is 2.21. The molecule has 2 rings (SSSR count). The monoisotopic (exact) mass is 241 g/mol. The number of hydrogen-bond acceptors (Lipinski definition) is 4. The molecule has 1 heterocycles. The van der Waals surface area contributed by atoms with Crippen LogP contribution in [0.2, 0.25) is 0 Å². The van der Waals surface area contributed by atoms with Gasteiger partial charge in [-0.3, -0.25) is 9.69 Å². The predicted octanol–water partition coefficient (Wildman–Crippen LogP) is 1.58. The van der Waals surface area contributed by atoms with E-state index in [1.54, 1.807) is 0 Å². The molecule has 1 aliphatic heterocycles. The second-order valence-electron chi connectivity index (χ2n) is 5.12. The molecular weight excluding hydrogens is 218 g/mol. The summed E-state index contributed by atoms with van der Waals surface area (Å²) in [7, 11) is 1.96. The maximum Gasteiger partial charge on any atom is 0.326 e. The molecule has 0 bridgehead atoms. The highest BCUT2D eigenvalue weighted by Gasteiger charge is 2.30. The van der Waals surface area contributed by atoms with Gasteiger partial charge < -0.3 is 9.47 Å². The summed E-state index contributed by atoms with van der Waals surface area (Å²) < 4.78 is 11.0. The minimum absolute atomic E-state index is 0.0981. The maximum atomic E-state index is 12.0. The fourth-order valence-corrected chi connectivity index (χ4v) is 2.54. The van der Waals surface area contributed by atoms with E-state index in [1.807, 2.05) is 11.9 Å². The SMILES string of the molecule is CN1CCOC[C@H]1C(=O)OC1CCCCCC1. The first-order valence-electron chi connectivity index (χ1n) is 6.76. The van der Waals surface area contributed by atoms with Crippen molar-refractivity contribution < 1.29 is 14.3 Å². The summed E-state index contributed by atoms with van der Waals surface area (Å²) in [5.74, 6) is -0.0981. The van der Waals surface area contributed by atoms with Crippen molar-refractivity contribution in [1.29, 1.82) is 0 Å². The van der Waals surface area contributed by atoms with E-state index in [-0.39, 0.29) is 18.1 Å². The third-order valence-corrected chi connectivity index (χ3v) is 3.75. The van der Waals surface area contributed by atoms with Gasteiger partial charge in [-0.15, -0.1) is 0 Å². The summed E-state index contributed by atoms with van der Waals surface area (Å²) in [6, 6.07) is -0.202. The van der Waals surface area contributed by atoms with Crippen LogP contribution in [0.25, 0.3) is 0 Å². The van der Waals surface area contributed by atoms with Gasteiger partial charge in [-0.2, -0.15) is 0 Å². The Morgan fingerprint density at radius 2 is 1.94 bits per heavy atom. The van der Waals surface area contributed by atoms with E-state index in [0.717, 1.165) is 19.4 Å². The zero-order valence-corrected chi connectivity index (χ0v) is 10.7. The molecule has 0 aromatic carbocycles. The smallest absolute Gasteiger partial charge is 0.326 e. The molecule has 1 aliphatic carbocycles. The van der Waals surface area contributed by atoms with Crippen LogP contribution in [0.4, 0.5) is 0 Å². The third-order valence-electron chi connectivity index (χ3n) is 3.75. The topological polar surface area (TPSA) is 38.8 Å². The molecule has 0 N–H and O–H groups in total. The molecular formula is C13H23NO3. The lowest BCUT2D eigenvalue weighted by Crippen LogP contribution is -2.49. The van der Waals surface area contributed by atoms with Gasteiger partial charge >= 0.3 is 5.97 Å². The molecule has 2 aliphatic rings. The Morgan fingerprint density at radius 1 is 1.24 bits per heavy atom. The number of esters is 1. The third kappa shape index (κ3) is 3.68. The van der Waals surface area contributed by atoms with Crippen LogP contribution >= 0.6 is 0 Å². The van der Waals surface area contributed by atoms with E-state index in [9.17, 15) is 4.79 Å². The summed E-state index contributed by atoms with van der Waals surface area (Å²) in [6.07, 6.45) is 7.14. The molecule has 4 heteroatoms. The lowest BCUT2D eigenvalue weighted by molar-refractivity contribution is -0.161. The van der Waals surface area contributed by atoms with E-state index in [2.05, 4.69) is 0 Å². The Hall–Kier alpha value is -0.610. The summed E-state index contributed by atoms with van der Waals surface area (Å²) in [5.41, 5.74) is 0. The van der Waals surface area contributed by atoms with Crippen molar-refractivity contribution in [1.82, 2.24) is 4.90 Å². The molecule has 17 heavy (non-hydrogen) atoms. The van der Waals surface area contributed by atoms with Crippen LogP contribution < -0.4 is 0 Å². The minimum Gasteiger partial charge on any atom is -0.461 e. The minimum atomic E-state index is -0.202. The van der Waals surface area contributed by atoms with Gasteiger partial charge in [0.1, 0.15) is 12.1 Å². The van der Waals surface area contributed by atoms with Crippen molar-refractivity contribution in [2.24, 2.45) is 0 Å². The first kappa shape index (κ1) is 12.8. The van der Waals surface area contributed by atoms with Crippen molar-refractivity contribution in [2.75, 3.05) is 26.8 Å². The van der Waals surface area contributed by atoms with E-state index >= 15 is 0 Å². The van der Waals surface area contributed by atoms with Crippen molar-refractivity contribution >= 4 is 5.97 Å². The summed E-state index contributed by atoms with van der Waals surface area (Å²) >= 11 is 0. The average Bonchev–Trinajstić information content (AvgIpc) is 2.58. The molecule has 1 atom stereocenters. The fraction of sp³-hybridized carbons (Fsp3) is 0.923. The van der Waals surface area contributed by atoms with Crippen LogP contribution in [-0.4, -0.2) is 49.8 Å². The number of nitrogens with zero attached hydrogens (tertiary/aromatic N) is 1. The van der Waals surface area contributed by atoms with Crippen LogP contribution in [0, 0.1) is 0 Å². The van der Waals surface area contributed by atoms with E-state index < -0.39 is 0 Å². The Balaban J connectivity index is 1.82. The van der Waals surface area contributed by atoms with Crippen molar-refractivity contribution in [3.05, 3.63) is 0 Å². The number of rotatable bonds is 2. The number of hydrogen-bond donors (Lipinski definition) is 0. The van der Waals surface area contributed by atoms with Gasteiger partial charge in [0.25, 0.3) is 0 Å². The quantitative estimate of drug-likeness (QED) is 0.543. The van der Waals surface area contributed by atoms with E-state index in [0.29, 0.717) is 13.2 Å². The second-order valence-corrected chi connectivity index (χ2v) is 5.12. The highest BCUT2D eigenvalue weighted by molar-refractivity contribution is 5.76. The lowest BCUT2D eigenvalue weighted by atomic mass is 10.1.